The first-order valence-electron chi connectivity index (χ1n) is 9.12. The Hall–Kier alpha value is -1.50. The molecule has 0 spiro atoms. The predicted octanol–water partition coefficient (Wildman–Crippen LogP) is 1.71. The molecule has 0 aromatic carbocycles. The number of carbonyl (C=O) groups is 1. The molecular formula is C18H26N4O2. The SMILES string of the molecule is O=C(O)C1CC2CCCCC2N1CC1CC(c2cccnc2)NN1. The number of aliphatic carboxylic acids is 1. The van der Waals surface area contributed by atoms with Crippen LogP contribution in [0.1, 0.15) is 50.1 Å². The fraction of sp³-hybridized carbons (Fsp3) is 0.667. The van der Waals surface area contributed by atoms with Gasteiger partial charge in [-0.3, -0.25) is 20.1 Å². The summed E-state index contributed by atoms with van der Waals surface area (Å²) in [6.07, 6.45) is 10.3. The first-order valence-corrected chi connectivity index (χ1v) is 9.12. The lowest BCUT2D eigenvalue weighted by Gasteiger charge is -2.34. The molecule has 3 N–H and O–H groups in total. The number of fused-ring (bicyclic) bond motifs is 1. The minimum absolute atomic E-state index is 0.247. The van der Waals surface area contributed by atoms with E-state index >= 15 is 0 Å². The molecule has 1 aromatic heterocycles. The fourth-order valence-corrected chi connectivity index (χ4v) is 4.86. The van der Waals surface area contributed by atoms with Crippen molar-refractivity contribution in [2.75, 3.05) is 6.54 Å². The van der Waals surface area contributed by atoms with Crippen LogP contribution in [0.25, 0.3) is 0 Å². The van der Waals surface area contributed by atoms with Crippen molar-refractivity contribution in [2.24, 2.45) is 5.92 Å². The third-order valence-corrected chi connectivity index (χ3v) is 6.01. The van der Waals surface area contributed by atoms with Crippen LogP contribution in [0.5, 0.6) is 0 Å². The Morgan fingerprint density at radius 1 is 1.29 bits per heavy atom. The smallest absolute Gasteiger partial charge is 0.320 e. The number of nitrogens with one attached hydrogen (secondary N) is 2. The molecule has 2 saturated heterocycles. The van der Waals surface area contributed by atoms with Crippen molar-refractivity contribution in [3.8, 4) is 0 Å². The molecule has 3 fully saturated rings. The molecule has 6 heteroatoms. The van der Waals surface area contributed by atoms with Gasteiger partial charge in [0, 0.05) is 37.1 Å². The van der Waals surface area contributed by atoms with Gasteiger partial charge in [0.2, 0.25) is 0 Å². The average Bonchev–Trinajstić information content (AvgIpc) is 3.21. The summed E-state index contributed by atoms with van der Waals surface area (Å²) in [5, 5.41) is 9.65. The minimum Gasteiger partial charge on any atom is -0.480 e. The highest BCUT2D eigenvalue weighted by Gasteiger charge is 2.46. The van der Waals surface area contributed by atoms with Crippen LogP contribution in [0.2, 0.25) is 0 Å². The van der Waals surface area contributed by atoms with Crippen LogP contribution in [0, 0.1) is 5.92 Å². The average molecular weight is 330 g/mol. The van der Waals surface area contributed by atoms with Crippen molar-refractivity contribution in [1.29, 1.82) is 0 Å². The van der Waals surface area contributed by atoms with Crippen molar-refractivity contribution >= 4 is 5.97 Å². The summed E-state index contributed by atoms with van der Waals surface area (Å²) in [5.74, 6) is -0.0810. The number of rotatable bonds is 4. The van der Waals surface area contributed by atoms with Crippen molar-refractivity contribution in [2.45, 2.75) is 62.7 Å². The number of aromatic nitrogens is 1. The summed E-state index contributed by atoms with van der Waals surface area (Å²) in [4.78, 5) is 18.2. The molecule has 5 atom stereocenters. The third kappa shape index (κ3) is 3.06. The monoisotopic (exact) mass is 330 g/mol. The van der Waals surface area contributed by atoms with Crippen LogP contribution >= 0.6 is 0 Å². The van der Waals surface area contributed by atoms with Crippen LogP contribution in [0.3, 0.4) is 0 Å². The van der Waals surface area contributed by atoms with Crippen LogP contribution in [-0.4, -0.2) is 45.6 Å². The number of carboxylic acid groups (broad SMARTS) is 1. The third-order valence-electron chi connectivity index (χ3n) is 6.01. The first kappa shape index (κ1) is 16.0. The van der Waals surface area contributed by atoms with E-state index in [-0.39, 0.29) is 18.1 Å². The number of carboxylic acids is 1. The molecule has 0 radical (unpaired) electrons. The summed E-state index contributed by atoms with van der Waals surface area (Å²) in [7, 11) is 0. The molecule has 0 bridgehead atoms. The van der Waals surface area contributed by atoms with Crippen LogP contribution in [0.4, 0.5) is 0 Å². The Labute approximate surface area is 142 Å². The van der Waals surface area contributed by atoms with E-state index in [0.29, 0.717) is 12.0 Å². The molecule has 130 valence electrons. The molecule has 3 aliphatic rings. The van der Waals surface area contributed by atoms with Gasteiger partial charge in [-0.15, -0.1) is 0 Å². The van der Waals surface area contributed by atoms with Gasteiger partial charge in [0.25, 0.3) is 0 Å². The molecule has 1 aromatic rings. The maximum Gasteiger partial charge on any atom is 0.320 e. The second kappa shape index (κ2) is 6.78. The maximum absolute atomic E-state index is 11.7. The number of hydrazine groups is 1. The summed E-state index contributed by atoms with van der Waals surface area (Å²) in [6, 6.07) is 4.71. The van der Waals surface area contributed by atoms with E-state index in [2.05, 4.69) is 26.8 Å². The van der Waals surface area contributed by atoms with Crippen molar-refractivity contribution in [1.82, 2.24) is 20.7 Å². The van der Waals surface area contributed by atoms with Crippen LogP contribution < -0.4 is 10.9 Å². The van der Waals surface area contributed by atoms with Crippen LogP contribution in [0.15, 0.2) is 24.5 Å². The zero-order valence-electron chi connectivity index (χ0n) is 13.9. The highest BCUT2D eigenvalue weighted by Crippen LogP contribution is 2.40. The molecule has 5 unspecified atom stereocenters. The molecule has 4 rings (SSSR count). The van der Waals surface area contributed by atoms with Gasteiger partial charge in [0.1, 0.15) is 6.04 Å². The molecule has 1 saturated carbocycles. The number of pyridine rings is 1. The Morgan fingerprint density at radius 2 is 2.17 bits per heavy atom. The normalized spacial score (nSPS) is 36.6. The standard InChI is InChI=1S/C18H26N4O2/c23-18(24)17-8-12-4-1-2-6-16(12)22(17)11-14-9-15(21-20-14)13-5-3-7-19-10-13/h3,5,7,10,12,14-17,20-21H,1-2,4,6,8-9,11H2,(H,23,24). The van der Waals surface area contributed by atoms with Gasteiger partial charge in [-0.05, 0) is 43.2 Å². The van der Waals surface area contributed by atoms with E-state index in [1.54, 1.807) is 6.20 Å². The maximum atomic E-state index is 11.7. The molecule has 2 aliphatic heterocycles. The lowest BCUT2D eigenvalue weighted by Crippen LogP contribution is -2.48. The van der Waals surface area contributed by atoms with Gasteiger partial charge in [0.15, 0.2) is 0 Å². The van der Waals surface area contributed by atoms with Crippen molar-refractivity contribution in [3.05, 3.63) is 30.1 Å². The minimum atomic E-state index is -0.654. The van der Waals surface area contributed by atoms with Crippen molar-refractivity contribution < 1.29 is 9.90 Å². The Kier molecular flexibility index (Phi) is 4.52. The van der Waals surface area contributed by atoms with Gasteiger partial charge in [-0.2, -0.15) is 0 Å². The second-order valence-electron chi connectivity index (χ2n) is 7.46. The topological polar surface area (TPSA) is 77.5 Å². The van der Waals surface area contributed by atoms with Gasteiger partial charge < -0.3 is 5.11 Å². The number of nitrogens with zero attached hydrogens (tertiary/aromatic N) is 2. The van der Waals surface area contributed by atoms with Crippen molar-refractivity contribution in [3.63, 3.8) is 0 Å². The van der Waals surface area contributed by atoms with E-state index in [4.69, 9.17) is 0 Å². The van der Waals surface area contributed by atoms with E-state index in [9.17, 15) is 9.90 Å². The first-order chi connectivity index (χ1) is 11.7. The summed E-state index contributed by atoms with van der Waals surface area (Å²) < 4.78 is 0. The quantitative estimate of drug-likeness (QED) is 0.780. The number of hydrogen-bond acceptors (Lipinski definition) is 5. The van der Waals surface area contributed by atoms with E-state index in [1.807, 2.05) is 12.3 Å². The van der Waals surface area contributed by atoms with Gasteiger partial charge in [-0.1, -0.05) is 18.9 Å². The van der Waals surface area contributed by atoms with E-state index < -0.39 is 5.97 Å². The zero-order valence-corrected chi connectivity index (χ0v) is 13.9. The summed E-state index contributed by atoms with van der Waals surface area (Å²) in [6.45, 7) is 0.807. The number of hydrogen-bond donors (Lipinski definition) is 3. The van der Waals surface area contributed by atoms with E-state index in [1.165, 1.54) is 24.8 Å². The van der Waals surface area contributed by atoms with Gasteiger partial charge in [-0.25, -0.2) is 5.43 Å². The van der Waals surface area contributed by atoms with E-state index in [0.717, 1.165) is 25.8 Å². The lowest BCUT2D eigenvalue weighted by atomic mass is 9.84. The number of likely N-dealkylation sites (tertiary alicyclic amines) is 1. The summed E-state index contributed by atoms with van der Waals surface area (Å²) >= 11 is 0. The highest BCUT2D eigenvalue weighted by atomic mass is 16.4. The predicted molar refractivity (Wildman–Crippen MR) is 90.1 cm³/mol. The second-order valence-corrected chi connectivity index (χ2v) is 7.46. The molecule has 24 heavy (non-hydrogen) atoms. The highest BCUT2D eigenvalue weighted by molar-refractivity contribution is 5.74. The zero-order chi connectivity index (χ0) is 16.5. The molecule has 6 nitrogen and oxygen atoms in total. The lowest BCUT2D eigenvalue weighted by molar-refractivity contribution is -0.142. The summed E-state index contributed by atoms with van der Waals surface area (Å²) in [5.41, 5.74) is 7.90. The Morgan fingerprint density at radius 3 is 2.96 bits per heavy atom. The van der Waals surface area contributed by atoms with Crippen LogP contribution in [-0.2, 0) is 4.79 Å². The largest absolute Gasteiger partial charge is 0.480 e. The molecular weight excluding hydrogens is 304 g/mol. The van der Waals surface area contributed by atoms with Gasteiger partial charge >= 0.3 is 5.97 Å². The molecule has 1 aliphatic carbocycles. The van der Waals surface area contributed by atoms with Gasteiger partial charge in [0.05, 0.1) is 0 Å². The Bertz CT molecular complexity index is 582. The molecule has 3 heterocycles. The molecule has 0 amide bonds. The Balaban J connectivity index is 1.43. The fourth-order valence-electron chi connectivity index (χ4n) is 4.86.